The van der Waals surface area contributed by atoms with Crippen molar-refractivity contribution < 1.29 is 14.0 Å². The minimum absolute atomic E-state index is 0.0653. The molecule has 1 saturated heterocycles. The fraction of sp³-hybridized carbons (Fsp3) is 0.333. The maximum atomic E-state index is 5.54. The van der Waals surface area contributed by atoms with Crippen molar-refractivity contribution in [1.29, 1.82) is 0 Å². The van der Waals surface area contributed by atoms with Crippen LogP contribution in [0, 0.1) is 13.8 Å². The average molecular weight is 380 g/mol. The SMILES string of the molecule is COc1cccc(-c2noc(C3CC(c4ccc(C)c(C)c4)NN3)n2)c1OC. The van der Waals surface area contributed by atoms with Gasteiger partial charge in [-0.2, -0.15) is 4.98 Å². The van der Waals surface area contributed by atoms with Gasteiger partial charge >= 0.3 is 0 Å². The molecular formula is C21H24N4O3. The first kappa shape index (κ1) is 18.5. The number of nitrogens with one attached hydrogen (secondary N) is 2. The summed E-state index contributed by atoms with van der Waals surface area (Å²) < 4.78 is 16.4. The first-order valence-corrected chi connectivity index (χ1v) is 9.24. The van der Waals surface area contributed by atoms with Crippen LogP contribution in [0.2, 0.25) is 0 Å². The monoisotopic (exact) mass is 380 g/mol. The van der Waals surface area contributed by atoms with Crippen LogP contribution < -0.4 is 20.3 Å². The van der Waals surface area contributed by atoms with Crippen molar-refractivity contribution in [1.82, 2.24) is 21.0 Å². The lowest BCUT2D eigenvalue weighted by Gasteiger charge is -2.11. The smallest absolute Gasteiger partial charge is 0.245 e. The number of hydrazine groups is 1. The minimum atomic E-state index is -0.0653. The van der Waals surface area contributed by atoms with Gasteiger partial charge in [0.25, 0.3) is 0 Å². The van der Waals surface area contributed by atoms with E-state index in [0.717, 1.165) is 12.0 Å². The maximum Gasteiger partial charge on any atom is 0.245 e. The summed E-state index contributed by atoms with van der Waals surface area (Å²) in [5, 5.41) is 4.15. The van der Waals surface area contributed by atoms with E-state index in [1.807, 2.05) is 18.2 Å². The molecule has 2 aromatic carbocycles. The molecule has 0 spiro atoms. The first-order chi connectivity index (χ1) is 13.6. The van der Waals surface area contributed by atoms with E-state index in [1.165, 1.54) is 16.7 Å². The number of hydrogen-bond donors (Lipinski definition) is 2. The Labute approximate surface area is 164 Å². The molecular weight excluding hydrogens is 356 g/mol. The quantitative estimate of drug-likeness (QED) is 0.699. The lowest BCUT2D eigenvalue weighted by atomic mass is 9.98. The van der Waals surface area contributed by atoms with Crippen molar-refractivity contribution in [2.24, 2.45) is 0 Å². The molecule has 2 heterocycles. The third-order valence-electron chi connectivity index (χ3n) is 5.22. The molecule has 7 heteroatoms. The Balaban J connectivity index is 1.55. The number of aryl methyl sites for hydroxylation is 2. The van der Waals surface area contributed by atoms with Crippen molar-refractivity contribution >= 4 is 0 Å². The van der Waals surface area contributed by atoms with Crippen LogP contribution >= 0.6 is 0 Å². The molecule has 1 aliphatic rings. The molecule has 7 nitrogen and oxygen atoms in total. The van der Waals surface area contributed by atoms with Crippen LogP contribution in [0.1, 0.15) is 41.1 Å². The summed E-state index contributed by atoms with van der Waals surface area (Å²) in [5.74, 6) is 2.23. The van der Waals surface area contributed by atoms with E-state index in [1.54, 1.807) is 14.2 Å². The maximum absolute atomic E-state index is 5.54. The normalized spacial score (nSPS) is 19.0. The third-order valence-corrected chi connectivity index (χ3v) is 5.22. The van der Waals surface area contributed by atoms with Gasteiger partial charge in [-0.3, -0.25) is 0 Å². The van der Waals surface area contributed by atoms with E-state index in [4.69, 9.17) is 14.0 Å². The van der Waals surface area contributed by atoms with Gasteiger partial charge in [-0.25, -0.2) is 10.9 Å². The highest BCUT2D eigenvalue weighted by molar-refractivity contribution is 5.68. The predicted octanol–water partition coefficient (Wildman–Crippen LogP) is 3.65. The van der Waals surface area contributed by atoms with Gasteiger partial charge in [0.15, 0.2) is 11.5 Å². The number of methoxy groups -OCH3 is 2. The number of nitrogens with zero attached hydrogens (tertiary/aromatic N) is 2. The van der Waals surface area contributed by atoms with Crippen molar-refractivity contribution in [2.45, 2.75) is 32.4 Å². The molecule has 1 fully saturated rings. The van der Waals surface area contributed by atoms with Gasteiger partial charge in [-0.05, 0) is 49.1 Å². The molecule has 3 aromatic rings. The summed E-state index contributed by atoms with van der Waals surface area (Å²) in [6.07, 6.45) is 0.819. The molecule has 146 valence electrons. The van der Waals surface area contributed by atoms with Crippen molar-refractivity contribution in [3.63, 3.8) is 0 Å². The molecule has 28 heavy (non-hydrogen) atoms. The van der Waals surface area contributed by atoms with Gasteiger partial charge in [0.05, 0.1) is 19.8 Å². The Hall–Kier alpha value is -2.90. The molecule has 0 radical (unpaired) electrons. The number of rotatable bonds is 5. The molecule has 0 amide bonds. The molecule has 0 bridgehead atoms. The Morgan fingerprint density at radius 3 is 2.57 bits per heavy atom. The average Bonchev–Trinajstić information content (AvgIpc) is 3.39. The van der Waals surface area contributed by atoms with Gasteiger partial charge in [0, 0.05) is 6.04 Å². The van der Waals surface area contributed by atoms with Crippen molar-refractivity contribution in [2.75, 3.05) is 14.2 Å². The standard InChI is InChI=1S/C21H24N4O3/c1-12-8-9-14(10-13(12)2)16-11-17(24-23-16)21-22-20(25-28-21)15-6-5-7-18(26-3)19(15)27-4/h5-10,16-17,23-24H,11H2,1-4H3. The fourth-order valence-corrected chi connectivity index (χ4v) is 3.47. The highest BCUT2D eigenvalue weighted by Gasteiger charge is 2.31. The van der Waals surface area contributed by atoms with Gasteiger partial charge in [-0.1, -0.05) is 29.4 Å². The van der Waals surface area contributed by atoms with Crippen LogP contribution in [0.5, 0.6) is 11.5 Å². The molecule has 1 aliphatic heterocycles. The second-order valence-electron chi connectivity index (χ2n) is 6.97. The Morgan fingerprint density at radius 2 is 1.82 bits per heavy atom. The molecule has 0 aliphatic carbocycles. The molecule has 1 aromatic heterocycles. The molecule has 2 atom stereocenters. The zero-order valence-electron chi connectivity index (χ0n) is 16.4. The van der Waals surface area contributed by atoms with Crippen LogP contribution in [0.25, 0.3) is 11.4 Å². The highest BCUT2D eigenvalue weighted by atomic mass is 16.5. The van der Waals surface area contributed by atoms with E-state index in [-0.39, 0.29) is 12.1 Å². The number of para-hydroxylation sites is 1. The van der Waals surface area contributed by atoms with Crippen LogP contribution in [-0.4, -0.2) is 24.4 Å². The lowest BCUT2D eigenvalue weighted by Crippen LogP contribution is -2.26. The summed E-state index contributed by atoms with van der Waals surface area (Å²) in [6.45, 7) is 4.25. The Morgan fingerprint density at radius 1 is 1.00 bits per heavy atom. The minimum Gasteiger partial charge on any atom is -0.493 e. The van der Waals surface area contributed by atoms with Gasteiger partial charge < -0.3 is 14.0 Å². The van der Waals surface area contributed by atoms with E-state index in [0.29, 0.717) is 23.2 Å². The van der Waals surface area contributed by atoms with E-state index in [2.05, 4.69) is 53.0 Å². The first-order valence-electron chi connectivity index (χ1n) is 9.24. The molecule has 2 N–H and O–H groups in total. The van der Waals surface area contributed by atoms with E-state index >= 15 is 0 Å². The second kappa shape index (κ2) is 7.61. The van der Waals surface area contributed by atoms with Gasteiger partial charge in [-0.15, -0.1) is 0 Å². The van der Waals surface area contributed by atoms with Crippen LogP contribution in [-0.2, 0) is 0 Å². The van der Waals surface area contributed by atoms with Crippen molar-refractivity contribution in [3.8, 4) is 22.9 Å². The van der Waals surface area contributed by atoms with Crippen molar-refractivity contribution in [3.05, 3.63) is 59.0 Å². The number of ether oxygens (including phenoxy) is 2. The van der Waals surface area contributed by atoms with E-state index in [9.17, 15) is 0 Å². The number of benzene rings is 2. The fourth-order valence-electron chi connectivity index (χ4n) is 3.47. The second-order valence-corrected chi connectivity index (χ2v) is 6.97. The molecule has 0 saturated carbocycles. The topological polar surface area (TPSA) is 81.4 Å². The van der Waals surface area contributed by atoms with E-state index < -0.39 is 0 Å². The summed E-state index contributed by atoms with van der Waals surface area (Å²) in [4.78, 5) is 4.59. The Kier molecular flexibility index (Phi) is 5.02. The highest BCUT2D eigenvalue weighted by Crippen LogP contribution is 2.37. The lowest BCUT2D eigenvalue weighted by molar-refractivity contribution is 0.339. The van der Waals surface area contributed by atoms with Crippen LogP contribution in [0.3, 0.4) is 0 Å². The van der Waals surface area contributed by atoms with Gasteiger partial charge in [0.2, 0.25) is 11.7 Å². The number of hydrogen-bond acceptors (Lipinski definition) is 7. The largest absolute Gasteiger partial charge is 0.493 e. The van der Waals surface area contributed by atoms with Crippen LogP contribution in [0.4, 0.5) is 0 Å². The molecule has 4 rings (SSSR count). The predicted molar refractivity (Wildman–Crippen MR) is 105 cm³/mol. The third kappa shape index (κ3) is 3.34. The Bertz CT molecular complexity index is 986. The summed E-state index contributed by atoms with van der Waals surface area (Å²) >= 11 is 0. The molecule has 2 unspecified atom stereocenters. The summed E-state index contributed by atoms with van der Waals surface area (Å²) in [5.41, 5.74) is 11.2. The summed E-state index contributed by atoms with van der Waals surface area (Å²) in [7, 11) is 3.20. The number of aromatic nitrogens is 2. The zero-order chi connectivity index (χ0) is 19.7. The summed E-state index contributed by atoms with van der Waals surface area (Å²) in [6, 6.07) is 12.2. The zero-order valence-corrected chi connectivity index (χ0v) is 16.4. The van der Waals surface area contributed by atoms with Crippen LogP contribution in [0.15, 0.2) is 40.9 Å². The van der Waals surface area contributed by atoms with Gasteiger partial charge in [0.1, 0.15) is 6.04 Å².